The molecule has 1 atom stereocenters. The number of benzene rings is 2. The van der Waals surface area contributed by atoms with Crippen molar-refractivity contribution in [3.05, 3.63) is 87.1 Å². The van der Waals surface area contributed by atoms with Gasteiger partial charge in [0.2, 0.25) is 0 Å². The average molecular weight is 439 g/mol. The number of carbonyl (C=O) groups excluding carboxylic acids is 1. The number of ether oxygens (including phenoxy) is 1. The number of guanidine groups is 1. The highest BCUT2D eigenvalue weighted by Crippen LogP contribution is 2.30. The molecule has 2 aromatic carbocycles. The molecule has 4 rings (SSSR count). The number of nitrogens with two attached hydrogens (primary N) is 1. The van der Waals surface area contributed by atoms with E-state index in [1.165, 1.54) is 7.11 Å². The van der Waals surface area contributed by atoms with Gasteiger partial charge in [0, 0.05) is 21.3 Å². The van der Waals surface area contributed by atoms with Gasteiger partial charge in [-0.2, -0.15) is 0 Å². The molecule has 1 aliphatic heterocycles. The third-order valence-electron chi connectivity index (χ3n) is 4.56. The Labute approximate surface area is 183 Å². The summed E-state index contributed by atoms with van der Waals surface area (Å²) >= 11 is 7.66. The molecule has 1 aromatic heterocycles. The fourth-order valence-corrected chi connectivity index (χ4v) is 4.02. The molecule has 1 amide bonds. The average Bonchev–Trinajstić information content (AvgIpc) is 3.29. The van der Waals surface area contributed by atoms with Crippen molar-refractivity contribution in [2.45, 2.75) is 6.04 Å². The molecular formula is C22H19ClN4O2S. The van der Waals surface area contributed by atoms with Crippen molar-refractivity contribution in [3.63, 3.8) is 0 Å². The Kier molecular flexibility index (Phi) is 5.74. The van der Waals surface area contributed by atoms with Crippen LogP contribution in [0.25, 0.3) is 5.70 Å². The first kappa shape index (κ1) is 20.0. The van der Waals surface area contributed by atoms with E-state index in [1.807, 2.05) is 47.9 Å². The maximum Gasteiger partial charge on any atom is 0.259 e. The first-order chi connectivity index (χ1) is 14.5. The lowest BCUT2D eigenvalue weighted by atomic mass is 10.1. The molecule has 1 aliphatic rings. The summed E-state index contributed by atoms with van der Waals surface area (Å²) in [5.41, 5.74) is 8.81. The maximum absolute atomic E-state index is 12.6. The van der Waals surface area contributed by atoms with Crippen LogP contribution >= 0.6 is 22.9 Å². The van der Waals surface area contributed by atoms with Gasteiger partial charge in [-0.15, -0.1) is 11.3 Å². The van der Waals surface area contributed by atoms with Crippen molar-refractivity contribution in [1.29, 1.82) is 0 Å². The van der Waals surface area contributed by atoms with Gasteiger partial charge in [0.15, 0.2) is 5.96 Å². The molecule has 8 heteroatoms. The molecule has 0 aliphatic carbocycles. The van der Waals surface area contributed by atoms with E-state index < -0.39 is 0 Å². The van der Waals surface area contributed by atoms with Gasteiger partial charge in [0.05, 0.1) is 12.7 Å². The Morgan fingerprint density at radius 1 is 1.23 bits per heavy atom. The highest BCUT2D eigenvalue weighted by Gasteiger charge is 2.18. The van der Waals surface area contributed by atoms with Gasteiger partial charge in [-0.3, -0.25) is 4.79 Å². The molecule has 0 saturated heterocycles. The second-order valence-electron chi connectivity index (χ2n) is 6.56. The number of amides is 1. The molecule has 4 N–H and O–H groups in total. The lowest BCUT2D eigenvalue weighted by molar-refractivity contribution is 0.102. The van der Waals surface area contributed by atoms with Gasteiger partial charge < -0.3 is 21.1 Å². The molecule has 2 heterocycles. The molecule has 0 fully saturated rings. The number of hydrogen-bond donors (Lipinski definition) is 3. The summed E-state index contributed by atoms with van der Waals surface area (Å²) in [6.07, 6.45) is 2.03. The molecule has 0 bridgehead atoms. The van der Waals surface area contributed by atoms with E-state index in [0.29, 0.717) is 28.0 Å². The zero-order valence-corrected chi connectivity index (χ0v) is 17.6. The van der Waals surface area contributed by atoms with Crippen LogP contribution in [0.4, 0.5) is 5.69 Å². The molecule has 6 nitrogen and oxygen atoms in total. The molecule has 0 saturated carbocycles. The smallest absolute Gasteiger partial charge is 0.259 e. The standard InChI is InChI=1S/C22H19ClN4O2S/c1-29-19-9-6-14(23)11-16(19)21(28)25-15-7-4-13(5-8-15)17-12-18(27-22(24)26-17)20-3-2-10-30-20/h2-12,18H,1H3,(H,25,28)(H3,24,26,27). The second-order valence-corrected chi connectivity index (χ2v) is 7.97. The maximum atomic E-state index is 12.6. The number of methoxy groups -OCH3 is 1. The highest BCUT2D eigenvalue weighted by atomic mass is 35.5. The van der Waals surface area contributed by atoms with E-state index in [-0.39, 0.29) is 11.9 Å². The quantitative estimate of drug-likeness (QED) is 0.540. The summed E-state index contributed by atoms with van der Waals surface area (Å²) < 4.78 is 5.25. The van der Waals surface area contributed by atoms with Gasteiger partial charge in [-0.1, -0.05) is 29.8 Å². The monoisotopic (exact) mass is 438 g/mol. The molecule has 3 aromatic rings. The molecule has 0 radical (unpaired) electrons. The van der Waals surface area contributed by atoms with Crippen LogP contribution in [0.5, 0.6) is 5.75 Å². The third kappa shape index (κ3) is 4.32. The van der Waals surface area contributed by atoms with Crippen LogP contribution in [-0.2, 0) is 0 Å². The van der Waals surface area contributed by atoms with Crippen LogP contribution in [0, 0.1) is 0 Å². The SMILES string of the molecule is COc1ccc(Cl)cc1C(=O)Nc1ccc(C2=CC(c3cccs3)N=C(N)N2)cc1. The Morgan fingerprint density at radius 3 is 2.73 bits per heavy atom. The van der Waals surface area contributed by atoms with E-state index >= 15 is 0 Å². The van der Waals surface area contributed by atoms with Crippen LogP contribution in [0.15, 0.2) is 71.0 Å². The van der Waals surface area contributed by atoms with Crippen LogP contribution in [0.1, 0.15) is 26.8 Å². The molecule has 0 spiro atoms. The topological polar surface area (TPSA) is 88.7 Å². The Bertz CT molecular complexity index is 1120. The van der Waals surface area contributed by atoms with Crippen molar-refractivity contribution in [1.82, 2.24) is 5.32 Å². The Hall–Kier alpha value is -3.29. The first-order valence-corrected chi connectivity index (χ1v) is 10.4. The minimum atomic E-state index is -0.300. The van der Waals surface area contributed by atoms with Gasteiger partial charge in [-0.05, 0) is 53.4 Å². The van der Waals surface area contributed by atoms with E-state index in [1.54, 1.807) is 29.5 Å². The summed E-state index contributed by atoms with van der Waals surface area (Å²) in [6, 6.07) is 16.3. The first-order valence-electron chi connectivity index (χ1n) is 9.14. The fourth-order valence-electron chi connectivity index (χ4n) is 3.12. The van der Waals surface area contributed by atoms with Crippen LogP contribution in [0.2, 0.25) is 5.02 Å². The number of hydrogen-bond acceptors (Lipinski definition) is 6. The van der Waals surface area contributed by atoms with Crippen LogP contribution in [-0.4, -0.2) is 19.0 Å². The second kappa shape index (κ2) is 8.61. The van der Waals surface area contributed by atoms with Crippen LogP contribution in [0.3, 0.4) is 0 Å². The summed E-state index contributed by atoms with van der Waals surface area (Å²) in [6.45, 7) is 0. The van der Waals surface area contributed by atoms with E-state index in [9.17, 15) is 4.79 Å². The number of rotatable bonds is 5. The predicted octanol–water partition coefficient (Wildman–Crippen LogP) is 4.66. The lowest BCUT2D eigenvalue weighted by Crippen LogP contribution is -2.33. The fraction of sp³-hybridized carbons (Fsp3) is 0.0909. The minimum Gasteiger partial charge on any atom is -0.496 e. The predicted molar refractivity (Wildman–Crippen MR) is 122 cm³/mol. The van der Waals surface area contributed by atoms with Gasteiger partial charge in [0.25, 0.3) is 5.91 Å². The molecule has 1 unspecified atom stereocenters. The van der Waals surface area contributed by atoms with Gasteiger partial charge in [-0.25, -0.2) is 4.99 Å². The lowest BCUT2D eigenvalue weighted by Gasteiger charge is -2.20. The van der Waals surface area contributed by atoms with Crippen molar-refractivity contribution >= 4 is 46.2 Å². The van der Waals surface area contributed by atoms with Gasteiger partial charge in [0.1, 0.15) is 11.8 Å². The van der Waals surface area contributed by atoms with Gasteiger partial charge >= 0.3 is 0 Å². The molecular weight excluding hydrogens is 420 g/mol. The van der Waals surface area contributed by atoms with E-state index in [2.05, 4.69) is 15.6 Å². The highest BCUT2D eigenvalue weighted by molar-refractivity contribution is 7.10. The summed E-state index contributed by atoms with van der Waals surface area (Å²) in [5.74, 6) is 0.530. The summed E-state index contributed by atoms with van der Waals surface area (Å²) in [4.78, 5) is 18.2. The minimum absolute atomic E-state index is 0.115. The van der Waals surface area contributed by atoms with Crippen molar-refractivity contribution in [2.75, 3.05) is 12.4 Å². The van der Waals surface area contributed by atoms with Crippen LogP contribution < -0.4 is 21.1 Å². The number of aliphatic imine (C=N–C) groups is 1. The number of nitrogens with zero attached hydrogens (tertiary/aromatic N) is 1. The molecule has 152 valence electrons. The van der Waals surface area contributed by atoms with Crippen molar-refractivity contribution in [2.24, 2.45) is 10.7 Å². The van der Waals surface area contributed by atoms with E-state index in [4.69, 9.17) is 22.1 Å². The number of carbonyl (C=O) groups is 1. The summed E-state index contributed by atoms with van der Waals surface area (Å²) in [5, 5.41) is 8.45. The van der Waals surface area contributed by atoms with E-state index in [0.717, 1.165) is 16.1 Å². The number of anilines is 1. The summed E-state index contributed by atoms with van der Waals surface area (Å²) in [7, 11) is 1.51. The largest absolute Gasteiger partial charge is 0.496 e. The van der Waals surface area contributed by atoms with Crippen molar-refractivity contribution in [3.8, 4) is 5.75 Å². The molecule has 30 heavy (non-hydrogen) atoms. The third-order valence-corrected chi connectivity index (χ3v) is 5.74. The normalized spacial score (nSPS) is 15.6. The zero-order chi connectivity index (χ0) is 21.1. The Morgan fingerprint density at radius 2 is 2.03 bits per heavy atom. The number of thiophene rings is 1. The Balaban J connectivity index is 1.52. The van der Waals surface area contributed by atoms with Crippen molar-refractivity contribution < 1.29 is 9.53 Å². The number of nitrogens with one attached hydrogen (secondary N) is 2. The zero-order valence-electron chi connectivity index (χ0n) is 16.1. The number of halogens is 1.